The first-order valence-corrected chi connectivity index (χ1v) is 9.08. The van der Waals surface area contributed by atoms with E-state index < -0.39 is 20.6 Å². The molecule has 0 atom stereocenters. The Kier molecular flexibility index (Phi) is 5.99. The Morgan fingerprint density at radius 3 is 2.28 bits per heavy atom. The number of amides is 1. The number of nitrogens with one attached hydrogen (secondary N) is 1. The van der Waals surface area contributed by atoms with Gasteiger partial charge in [-0.1, -0.05) is 12.1 Å². The number of hydrogen-bond acceptors (Lipinski definition) is 6. The smallest absolute Gasteiger partial charge is 0.289 e. The molecule has 0 spiro atoms. The van der Waals surface area contributed by atoms with Gasteiger partial charge in [0.15, 0.2) is 4.90 Å². The van der Waals surface area contributed by atoms with Gasteiger partial charge >= 0.3 is 0 Å². The number of carbonyl (C=O) groups excluding carboxylic acids is 1. The van der Waals surface area contributed by atoms with Crippen molar-refractivity contribution in [3.8, 4) is 0 Å². The van der Waals surface area contributed by atoms with Crippen LogP contribution < -0.4 is 5.32 Å². The van der Waals surface area contributed by atoms with Gasteiger partial charge in [0.1, 0.15) is 0 Å². The number of nitro benzene ring substituents is 1. The number of para-hydroxylation sites is 1. The highest BCUT2D eigenvalue weighted by Gasteiger charge is 2.36. The summed E-state index contributed by atoms with van der Waals surface area (Å²) in [5.74, 6) is 0.0138. The summed E-state index contributed by atoms with van der Waals surface area (Å²) in [6.45, 7) is 2.20. The molecule has 1 aromatic rings. The first kappa shape index (κ1) is 19.6. The molecule has 11 heteroatoms. The molecule has 2 aliphatic rings. The van der Waals surface area contributed by atoms with Crippen LogP contribution in [0.15, 0.2) is 29.2 Å². The number of sulfonamides is 1. The van der Waals surface area contributed by atoms with Crippen molar-refractivity contribution < 1.29 is 18.1 Å². The Morgan fingerprint density at radius 2 is 1.76 bits per heavy atom. The molecule has 2 aliphatic heterocycles. The van der Waals surface area contributed by atoms with Gasteiger partial charge in [-0.3, -0.25) is 14.9 Å². The topological polar surface area (TPSA) is 113 Å². The molecule has 0 unspecified atom stereocenters. The molecule has 0 aromatic heterocycles. The van der Waals surface area contributed by atoms with E-state index in [1.165, 1.54) is 28.6 Å². The zero-order chi connectivity index (χ0) is 17.3. The van der Waals surface area contributed by atoms with E-state index >= 15 is 0 Å². The summed E-state index contributed by atoms with van der Waals surface area (Å²) in [6.07, 6.45) is 0. The molecule has 0 saturated carbocycles. The quantitative estimate of drug-likeness (QED) is 0.575. The lowest BCUT2D eigenvalue weighted by atomic mass is 10.0. The fourth-order valence-corrected chi connectivity index (χ4v) is 4.42. The molecule has 1 amide bonds. The van der Waals surface area contributed by atoms with Crippen LogP contribution >= 0.6 is 12.4 Å². The molecule has 138 valence electrons. The SMILES string of the molecule is Cl.O=C(C1CNC1)N1CCN(S(=O)(=O)c2ccccc2[N+](=O)[O-])CC1. The molecule has 1 N–H and O–H groups in total. The summed E-state index contributed by atoms with van der Waals surface area (Å²) in [6, 6.07) is 5.31. The van der Waals surface area contributed by atoms with Crippen LogP contribution in [0.3, 0.4) is 0 Å². The average molecular weight is 391 g/mol. The van der Waals surface area contributed by atoms with Crippen molar-refractivity contribution in [2.45, 2.75) is 4.90 Å². The third-order valence-corrected chi connectivity index (χ3v) is 6.31. The van der Waals surface area contributed by atoms with E-state index in [0.29, 0.717) is 26.2 Å². The van der Waals surface area contributed by atoms with E-state index in [-0.39, 0.29) is 42.2 Å². The van der Waals surface area contributed by atoms with Crippen LogP contribution in [-0.4, -0.2) is 67.7 Å². The van der Waals surface area contributed by atoms with Gasteiger partial charge in [-0.05, 0) is 6.07 Å². The fraction of sp³-hybridized carbons (Fsp3) is 0.500. The number of hydrogen-bond donors (Lipinski definition) is 1. The number of rotatable bonds is 4. The van der Waals surface area contributed by atoms with Gasteiger partial charge in [0.25, 0.3) is 5.69 Å². The average Bonchev–Trinajstić information content (AvgIpc) is 2.53. The van der Waals surface area contributed by atoms with E-state index in [4.69, 9.17) is 0 Å². The molecule has 2 fully saturated rings. The monoisotopic (exact) mass is 390 g/mol. The highest BCUT2D eigenvalue weighted by atomic mass is 35.5. The number of nitro groups is 1. The van der Waals surface area contributed by atoms with Crippen molar-refractivity contribution in [3.63, 3.8) is 0 Å². The maximum Gasteiger partial charge on any atom is 0.289 e. The molecular formula is C14H19ClN4O5S. The number of piperazine rings is 1. The highest BCUT2D eigenvalue weighted by Crippen LogP contribution is 2.27. The normalized spacial score (nSPS) is 19.0. The second kappa shape index (κ2) is 7.65. The minimum Gasteiger partial charge on any atom is -0.340 e. The predicted molar refractivity (Wildman–Crippen MR) is 92.0 cm³/mol. The van der Waals surface area contributed by atoms with E-state index in [2.05, 4.69) is 5.32 Å². The van der Waals surface area contributed by atoms with Gasteiger partial charge in [0, 0.05) is 45.3 Å². The number of halogens is 1. The molecule has 2 heterocycles. The van der Waals surface area contributed by atoms with E-state index in [1.54, 1.807) is 4.90 Å². The third-order valence-electron chi connectivity index (χ3n) is 4.36. The summed E-state index contributed by atoms with van der Waals surface area (Å²) in [5.41, 5.74) is -0.434. The second-order valence-electron chi connectivity index (χ2n) is 5.81. The Morgan fingerprint density at radius 1 is 1.16 bits per heavy atom. The van der Waals surface area contributed by atoms with Crippen molar-refractivity contribution in [2.24, 2.45) is 5.92 Å². The van der Waals surface area contributed by atoms with Crippen molar-refractivity contribution in [2.75, 3.05) is 39.3 Å². The molecule has 0 bridgehead atoms. The third kappa shape index (κ3) is 3.76. The summed E-state index contributed by atoms with van der Waals surface area (Å²) in [5, 5.41) is 14.1. The van der Waals surface area contributed by atoms with Crippen LogP contribution in [0.1, 0.15) is 0 Å². The summed E-state index contributed by atoms with van der Waals surface area (Å²) in [4.78, 5) is 23.9. The predicted octanol–water partition coefficient (Wildman–Crippen LogP) is 0.0689. The molecule has 9 nitrogen and oxygen atoms in total. The zero-order valence-electron chi connectivity index (χ0n) is 13.3. The van der Waals surface area contributed by atoms with Gasteiger partial charge < -0.3 is 10.2 Å². The van der Waals surface area contributed by atoms with Crippen LogP contribution in [0, 0.1) is 16.0 Å². The zero-order valence-corrected chi connectivity index (χ0v) is 15.0. The van der Waals surface area contributed by atoms with Crippen LogP contribution in [0.25, 0.3) is 0 Å². The Labute approximate surface area is 151 Å². The molecular weight excluding hydrogens is 372 g/mol. The van der Waals surface area contributed by atoms with Crippen molar-refractivity contribution >= 4 is 34.0 Å². The first-order chi connectivity index (χ1) is 11.4. The first-order valence-electron chi connectivity index (χ1n) is 7.64. The lowest BCUT2D eigenvalue weighted by molar-refractivity contribution is -0.387. The summed E-state index contributed by atoms with van der Waals surface area (Å²) < 4.78 is 26.6. The van der Waals surface area contributed by atoms with Gasteiger partial charge in [0.05, 0.1) is 10.8 Å². The van der Waals surface area contributed by atoms with Crippen molar-refractivity contribution in [3.05, 3.63) is 34.4 Å². The van der Waals surface area contributed by atoms with Crippen LogP contribution in [-0.2, 0) is 14.8 Å². The van der Waals surface area contributed by atoms with Gasteiger partial charge in [-0.15, -0.1) is 12.4 Å². The molecule has 25 heavy (non-hydrogen) atoms. The summed E-state index contributed by atoms with van der Waals surface area (Å²) in [7, 11) is -3.96. The molecule has 2 saturated heterocycles. The molecule has 1 aromatic carbocycles. The highest BCUT2D eigenvalue weighted by molar-refractivity contribution is 7.89. The van der Waals surface area contributed by atoms with Crippen molar-refractivity contribution in [1.29, 1.82) is 0 Å². The number of carbonyl (C=O) groups is 1. The minimum atomic E-state index is -3.96. The van der Waals surface area contributed by atoms with E-state index in [9.17, 15) is 23.3 Å². The standard InChI is InChI=1S/C14H18N4O5S.ClH/c19-14(11-9-15-10-11)16-5-7-17(8-6-16)24(22,23)13-4-2-1-3-12(13)18(20)21;/h1-4,11,15H,5-10H2;1H. The van der Waals surface area contributed by atoms with E-state index in [1.807, 2.05) is 0 Å². The number of benzene rings is 1. The minimum absolute atomic E-state index is 0. The van der Waals surface area contributed by atoms with Crippen LogP contribution in [0.5, 0.6) is 0 Å². The molecule has 0 aliphatic carbocycles. The lowest BCUT2D eigenvalue weighted by Crippen LogP contribution is -2.57. The Hall–Kier alpha value is -1.75. The number of nitrogens with zero attached hydrogens (tertiary/aromatic N) is 3. The van der Waals surface area contributed by atoms with Gasteiger partial charge in [-0.2, -0.15) is 4.31 Å². The Bertz CT molecular complexity index is 760. The molecule has 3 rings (SSSR count). The molecule has 0 radical (unpaired) electrons. The van der Waals surface area contributed by atoms with Gasteiger partial charge in [-0.25, -0.2) is 8.42 Å². The second-order valence-corrected chi connectivity index (χ2v) is 7.72. The maximum atomic E-state index is 12.7. The van der Waals surface area contributed by atoms with Crippen LogP contribution in [0.4, 0.5) is 5.69 Å². The Balaban J connectivity index is 0.00000225. The largest absolute Gasteiger partial charge is 0.340 e. The maximum absolute atomic E-state index is 12.7. The van der Waals surface area contributed by atoms with Crippen LogP contribution in [0.2, 0.25) is 0 Å². The fourth-order valence-electron chi connectivity index (χ4n) is 2.84. The van der Waals surface area contributed by atoms with Crippen molar-refractivity contribution in [1.82, 2.24) is 14.5 Å². The van der Waals surface area contributed by atoms with Gasteiger partial charge in [0.2, 0.25) is 15.9 Å². The lowest BCUT2D eigenvalue weighted by Gasteiger charge is -2.37. The van der Waals surface area contributed by atoms with E-state index in [0.717, 1.165) is 0 Å². The summed E-state index contributed by atoms with van der Waals surface area (Å²) >= 11 is 0.